The SMILES string of the molecule is C=COC(C)Oc1ccc(-c2ccc(C(=O)O)cc2)cc1. The molecule has 0 aromatic heterocycles. The van der Waals surface area contributed by atoms with Crippen LogP contribution in [0.3, 0.4) is 0 Å². The Bertz CT molecular complexity index is 614. The van der Waals surface area contributed by atoms with Crippen LogP contribution in [0.15, 0.2) is 61.4 Å². The zero-order valence-electron chi connectivity index (χ0n) is 11.7. The van der Waals surface area contributed by atoms with Crippen LogP contribution in [-0.4, -0.2) is 17.4 Å². The van der Waals surface area contributed by atoms with Crippen LogP contribution in [0.4, 0.5) is 0 Å². The molecule has 0 heterocycles. The van der Waals surface area contributed by atoms with Crippen molar-refractivity contribution in [3.05, 3.63) is 66.9 Å². The number of carboxylic acids is 1. The van der Waals surface area contributed by atoms with Gasteiger partial charge in [0.25, 0.3) is 0 Å². The van der Waals surface area contributed by atoms with Crippen LogP contribution in [0, 0.1) is 0 Å². The van der Waals surface area contributed by atoms with Gasteiger partial charge in [0.2, 0.25) is 6.29 Å². The number of hydrogen-bond acceptors (Lipinski definition) is 3. The molecule has 1 N–H and O–H groups in total. The highest BCUT2D eigenvalue weighted by Crippen LogP contribution is 2.23. The molecule has 0 aliphatic heterocycles. The van der Waals surface area contributed by atoms with Crippen LogP contribution in [0.1, 0.15) is 17.3 Å². The van der Waals surface area contributed by atoms with Crippen molar-refractivity contribution >= 4 is 5.97 Å². The van der Waals surface area contributed by atoms with Crippen LogP contribution in [-0.2, 0) is 4.74 Å². The zero-order valence-corrected chi connectivity index (χ0v) is 11.7. The lowest BCUT2D eigenvalue weighted by molar-refractivity contribution is -0.0131. The maximum Gasteiger partial charge on any atom is 0.335 e. The van der Waals surface area contributed by atoms with E-state index in [9.17, 15) is 4.79 Å². The van der Waals surface area contributed by atoms with E-state index in [0.717, 1.165) is 11.1 Å². The van der Waals surface area contributed by atoms with Crippen molar-refractivity contribution in [2.75, 3.05) is 0 Å². The lowest BCUT2D eigenvalue weighted by Gasteiger charge is -2.14. The largest absolute Gasteiger partial charge is 0.478 e. The van der Waals surface area contributed by atoms with Crippen molar-refractivity contribution in [1.29, 1.82) is 0 Å². The molecule has 0 spiro atoms. The minimum Gasteiger partial charge on any atom is -0.478 e. The molecule has 1 unspecified atom stereocenters. The number of rotatable bonds is 6. The summed E-state index contributed by atoms with van der Waals surface area (Å²) in [6.45, 7) is 5.25. The lowest BCUT2D eigenvalue weighted by Crippen LogP contribution is -2.12. The van der Waals surface area contributed by atoms with Crippen molar-refractivity contribution < 1.29 is 19.4 Å². The van der Waals surface area contributed by atoms with Gasteiger partial charge in [0.15, 0.2) is 0 Å². The van der Waals surface area contributed by atoms with E-state index in [4.69, 9.17) is 14.6 Å². The Morgan fingerprint density at radius 3 is 2.10 bits per heavy atom. The predicted octanol–water partition coefficient (Wildman–Crippen LogP) is 3.94. The molecule has 0 bridgehead atoms. The fourth-order valence-electron chi connectivity index (χ4n) is 1.89. The fraction of sp³-hybridized carbons (Fsp3) is 0.118. The Morgan fingerprint density at radius 1 is 1.10 bits per heavy atom. The third kappa shape index (κ3) is 3.86. The van der Waals surface area contributed by atoms with Crippen LogP contribution < -0.4 is 4.74 Å². The summed E-state index contributed by atoms with van der Waals surface area (Å²) in [5, 5.41) is 8.87. The quantitative estimate of drug-likeness (QED) is 0.645. The average molecular weight is 284 g/mol. The van der Waals surface area contributed by atoms with E-state index < -0.39 is 12.3 Å². The van der Waals surface area contributed by atoms with E-state index in [1.54, 1.807) is 31.2 Å². The fourth-order valence-corrected chi connectivity index (χ4v) is 1.89. The highest BCUT2D eigenvalue weighted by Gasteiger charge is 2.05. The number of carbonyl (C=O) groups is 1. The molecule has 0 radical (unpaired) electrons. The third-order valence-corrected chi connectivity index (χ3v) is 2.91. The topological polar surface area (TPSA) is 55.8 Å². The van der Waals surface area contributed by atoms with Crippen molar-refractivity contribution in [3.63, 3.8) is 0 Å². The van der Waals surface area contributed by atoms with E-state index in [0.29, 0.717) is 5.75 Å². The van der Waals surface area contributed by atoms with Crippen LogP contribution in [0.5, 0.6) is 5.75 Å². The molecule has 0 aliphatic rings. The van der Waals surface area contributed by atoms with Crippen LogP contribution in [0.25, 0.3) is 11.1 Å². The first-order chi connectivity index (χ1) is 10.1. The normalized spacial score (nSPS) is 11.5. The Labute approximate surface area is 123 Å². The Morgan fingerprint density at radius 2 is 1.62 bits per heavy atom. The van der Waals surface area contributed by atoms with Crippen LogP contribution >= 0.6 is 0 Å². The minimum atomic E-state index is -0.929. The zero-order chi connectivity index (χ0) is 15.2. The van der Waals surface area contributed by atoms with Crippen molar-refractivity contribution in [3.8, 4) is 16.9 Å². The standard InChI is InChI=1S/C17H16O4/c1-3-20-12(2)21-16-10-8-14(9-11-16)13-4-6-15(7-5-13)17(18)19/h3-12H,1H2,2H3,(H,18,19). The van der Waals surface area contributed by atoms with E-state index >= 15 is 0 Å². The monoisotopic (exact) mass is 284 g/mol. The van der Waals surface area contributed by atoms with Crippen molar-refractivity contribution in [1.82, 2.24) is 0 Å². The molecular weight excluding hydrogens is 268 g/mol. The number of hydrogen-bond donors (Lipinski definition) is 1. The van der Waals surface area contributed by atoms with Gasteiger partial charge in [-0.2, -0.15) is 0 Å². The average Bonchev–Trinajstić information content (AvgIpc) is 2.48. The van der Waals surface area contributed by atoms with E-state index in [1.165, 1.54) is 6.26 Å². The molecule has 108 valence electrons. The molecule has 0 saturated heterocycles. The van der Waals surface area contributed by atoms with E-state index in [2.05, 4.69) is 6.58 Å². The number of aromatic carboxylic acids is 1. The van der Waals surface area contributed by atoms with Gasteiger partial charge in [-0.15, -0.1) is 0 Å². The summed E-state index contributed by atoms with van der Waals surface area (Å²) < 4.78 is 10.6. The van der Waals surface area contributed by atoms with Gasteiger partial charge < -0.3 is 14.6 Å². The second kappa shape index (κ2) is 6.61. The summed E-state index contributed by atoms with van der Waals surface area (Å²) in [6.07, 6.45) is 0.937. The molecule has 2 aromatic carbocycles. The molecule has 0 saturated carbocycles. The molecule has 2 aromatic rings. The molecule has 0 fully saturated rings. The maximum atomic E-state index is 10.8. The van der Waals surface area contributed by atoms with Crippen molar-refractivity contribution in [2.45, 2.75) is 13.2 Å². The van der Waals surface area contributed by atoms with E-state index in [1.807, 2.05) is 24.3 Å². The van der Waals surface area contributed by atoms with Gasteiger partial charge in [0, 0.05) is 6.92 Å². The summed E-state index contributed by atoms with van der Waals surface area (Å²) in [5.41, 5.74) is 2.20. The first kappa shape index (κ1) is 14.7. The molecule has 21 heavy (non-hydrogen) atoms. The van der Waals surface area contributed by atoms with Gasteiger partial charge in [-0.25, -0.2) is 4.79 Å². The maximum absolute atomic E-state index is 10.8. The summed E-state index contributed by atoms with van der Waals surface area (Å²) in [4.78, 5) is 10.8. The smallest absolute Gasteiger partial charge is 0.335 e. The third-order valence-electron chi connectivity index (χ3n) is 2.91. The molecule has 4 heteroatoms. The Kier molecular flexibility index (Phi) is 4.61. The van der Waals surface area contributed by atoms with Gasteiger partial charge in [0.1, 0.15) is 5.75 Å². The Hall–Kier alpha value is -2.75. The summed E-state index contributed by atoms with van der Waals surface area (Å²) in [7, 11) is 0. The van der Waals surface area contributed by atoms with Gasteiger partial charge in [-0.1, -0.05) is 30.8 Å². The molecular formula is C17H16O4. The predicted molar refractivity (Wildman–Crippen MR) is 80.2 cm³/mol. The summed E-state index contributed by atoms with van der Waals surface area (Å²) >= 11 is 0. The highest BCUT2D eigenvalue weighted by atomic mass is 16.7. The molecule has 1 atom stereocenters. The van der Waals surface area contributed by atoms with Gasteiger partial charge in [-0.3, -0.25) is 0 Å². The van der Waals surface area contributed by atoms with Gasteiger partial charge in [-0.05, 0) is 35.4 Å². The van der Waals surface area contributed by atoms with Crippen molar-refractivity contribution in [2.24, 2.45) is 0 Å². The highest BCUT2D eigenvalue weighted by molar-refractivity contribution is 5.88. The molecule has 0 aliphatic carbocycles. The molecule has 0 amide bonds. The molecule has 2 rings (SSSR count). The van der Waals surface area contributed by atoms with E-state index in [-0.39, 0.29) is 5.56 Å². The van der Waals surface area contributed by atoms with Crippen LogP contribution in [0.2, 0.25) is 0 Å². The number of ether oxygens (including phenoxy) is 2. The first-order valence-electron chi connectivity index (χ1n) is 6.47. The summed E-state index contributed by atoms with van der Waals surface area (Å²) in [6, 6.07) is 14.2. The minimum absolute atomic E-state index is 0.272. The lowest BCUT2D eigenvalue weighted by atomic mass is 10.0. The van der Waals surface area contributed by atoms with Gasteiger partial charge >= 0.3 is 5.97 Å². The first-order valence-corrected chi connectivity index (χ1v) is 6.47. The molecule has 4 nitrogen and oxygen atoms in total. The van der Waals surface area contributed by atoms with Gasteiger partial charge in [0.05, 0.1) is 11.8 Å². The second-order valence-electron chi connectivity index (χ2n) is 4.40. The number of carboxylic acid groups (broad SMARTS) is 1. The Balaban J connectivity index is 2.11. The number of benzene rings is 2. The second-order valence-corrected chi connectivity index (χ2v) is 4.40. The summed E-state index contributed by atoms with van der Waals surface area (Å²) in [5.74, 6) is -0.239.